The smallest absolute Gasteiger partial charge is 0.264 e. The molecule has 1 N–H and O–H groups in total. The molecule has 0 aliphatic carbocycles. The van der Waals surface area contributed by atoms with E-state index in [0.717, 1.165) is 11.0 Å². The van der Waals surface area contributed by atoms with Gasteiger partial charge >= 0.3 is 0 Å². The standard InChI is InChI=1S/C15H11FN2O3S/c16-10-4-1-3-9-12(10)15(21)18(14(9)20)7-6-17-13(19)11-5-2-8-22-11/h1-5,8H,6-7H2,(H,17,19). The first-order chi connectivity index (χ1) is 10.6. The van der Waals surface area contributed by atoms with Crippen LogP contribution in [0.2, 0.25) is 0 Å². The second-order valence-corrected chi connectivity index (χ2v) is 5.61. The Morgan fingerprint density at radius 1 is 1.18 bits per heavy atom. The Bertz CT molecular complexity index is 758. The van der Waals surface area contributed by atoms with E-state index in [2.05, 4.69) is 5.32 Å². The fraction of sp³-hybridized carbons (Fsp3) is 0.133. The molecule has 0 fully saturated rings. The number of amides is 3. The summed E-state index contributed by atoms with van der Waals surface area (Å²) in [6.45, 7) is 0.118. The first kappa shape index (κ1) is 14.4. The van der Waals surface area contributed by atoms with E-state index in [1.165, 1.54) is 23.5 Å². The van der Waals surface area contributed by atoms with Crippen LogP contribution in [0, 0.1) is 5.82 Å². The molecule has 1 aromatic carbocycles. The molecule has 0 unspecified atom stereocenters. The van der Waals surface area contributed by atoms with Crippen LogP contribution in [-0.4, -0.2) is 35.7 Å². The van der Waals surface area contributed by atoms with Gasteiger partial charge in [0.25, 0.3) is 17.7 Å². The Hall–Kier alpha value is -2.54. The number of nitrogens with one attached hydrogen (secondary N) is 1. The maximum atomic E-state index is 13.7. The zero-order valence-corrected chi connectivity index (χ0v) is 12.2. The van der Waals surface area contributed by atoms with E-state index in [0.29, 0.717) is 4.88 Å². The van der Waals surface area contributed by atoms with Gasteiger partial charge in [-0.15, -0.1) is 11.3 Å². The predicted octanol–water partition coefficient (Wildman–Crippen LogP) is 1.91. The fourth-order valence-electron chi connectivity index (χ4n) is 2.27. The van der Waals surface area contributed by atoms with Crippen LogP contribution in [0.5, 0.6) is 0 Å². The highest BCUT2D eigenvalue weighted by atomic mass is 32.1. The van der Waals surface area contributed by atoms with Crippen LogP contribution in [0.15, 0.2) is 35.7 Å². The van der Waals surface area contributed by atoms with Gasteiger partial charge in [0.1, 0.15) is 5.82 Å². The zero-order chi connectivity index (χ0) is 15.7. The Labute approximate surface area is 129 Å². The van der Waals surface area contributed by atoms with Crippen LogP contribution in [0.1, 0.15) is 30.4 Å². The van der Waals surface area contributed by atoms with Crippen LogP contribution < -0.4 is 5.32 Å². The van der Waals surface area contributed by atoms with Crippen LogP contribution >= 0.6 is 11.3 Å². The SMILES string of the molecule is O=C(NCCN1C(=O)c2cccc(F)c2C1=O)c1cccs1. The number of imide groups is 1. The van der Waals surface area contributed by atoms with Gasteiger partial charge < -0.3 is 5.32 Å². The first-order valence-corrected chi connectivity index (χ1v) is 7.44. The van der Waals surface area contributed by atoms with Crippen molar-refractivity contribution in [1.29, 1.82) is 0 Å². The summed E-state index contributed by atoms with van der Waals surface area (Å²) < 4.78 is 13.7. The maximum absolute atomic E-state index is 13.7. The molecule has 0 spiro atoms. The molecule has 1 aliphatic rings. The third-order valence-corrected chi connectivity index (χ3v) is 4.18. The van der Waals surface area contributed by atoms with Crippen molar-refractivity contribution in [2.45, 2.75) is 0 Å². The lowest BCUT2D eigenvalue weighted by Crippen LogP contribution is -2.38. The number of hydrogen-bond acceptors (Lipinski definition) is 4. The van der Waals surface area contributed by atoms with Crippen LogP contribution in [-0.2, 0) is 0 Å². The topological polar surface area (TPSA) is 66.5 Å². The van der Waals surface area contributed by atoms with Crippen molar-refractivity contribution in [2.75, 3.05) is 13.1 Å². The second kappa shape index (κ2) is 5.69. The zero-order valence-electron chi connectivity index (χ0n) is 11.3. The average Bonchev–Trinajstić information content (AvgIpc) is 3.11. The van der Waals surface area contributed by atoms with Crippen molar-refractivity contribution in [3.05, 3.63) is 57.5 Å². The van der Waals surface area contributed by atoms with Crippen molar-refractivity contribution >= 4 is 29.1 Å². The molecule has 22 heavy (non-hydrogen) atoms. The summed E-state index contributed by atoms with van der Waals surface area (Å²) >= 11 is 1.30. The van der Waals surface area contributed by atoms with E-state index in [9.17, 15) is 18.8 Å². The summed E-state index contributed by atoms with van der Waals surface area (Å²) in [4.78, 5) is 37.4. The number of rotatable bonds is 4. The van der Waals surface area contributed by atoms with E-state index in [4.69, 9.17) is 0 Å². The number of nitrogens with zero attached hydrogens (tertiary/aromatic N) is 1. The van der Waals surface area contributed by atoms with Crippen molar-refractivity contribution in [3.8, 4) is 0 Å². The molecule has 5 nitrogen and oxygen atoms in total. The third-order valence-electron chi connectivity index (χ3n) is 3.31. The summed E-state index contributed by atoms with van der Waals surface area (Å²) in [5.41, 5.74) is -0.133. The van der Waals surface area contributed by atoms with Gasteiger partial charge in [-0.2, -0.15) is 0 Å². The molecule has 0 atom stereocenters. The molecule has 0 radical (unpaired) electrons. The lowest BCUT2D eigenvalue weighted by Gasteiger charge is -2.13. The average molecular weight is 318 g/mol. The van der Waals surface area contributed by atoms with Crippen molar-refractivity contribution < 1.29 is 18.8 Å². The van der Waals surface area contributed by atoms with Crippen molar-refractivity contribution in [2.24, 2.45) is 0 Å². The first-order valence-electron chi connectivity index (χ1n) is 6.56. The number of thiophene rings is 1. The van der Waals surface area contributed by atoms with E-state index >= 15 is 0 Å². The molecular formula is C15H11FN2O3S. The molecule has 2 heterocycles. The van der Waals surface area contributed by atoms with E-state index < -0.39 is 17.6 Å². The lowest BCUT2D eigenvalue weighted by molar-refractivity contribution is 0.0648. The van der Waals surface area contributed by atoms with E-state index in [1.807, 2.05) is 0 Å². The maximum Gasteiger partial charge on any atom is 0.264 e. The highest BCUT2D eigenvalue weighted by Gasteiger charge is 2.37. The molecule has 1 aromatic heterocycles. The summed E-state index contributed by atoms with van der Waals surface area (Å²) in [6.07, 6.45) is 0. The Morgan fingerprint density at radius 3 is 2.68 bits per heavy atom. The Morgan fingerprint density at radius 2 is 2.00 bits per heavy atom. The quantitative estimate of drug-likeness (QED) is 0.876. The molecule has 2 aromatic rings. The van der Waals surface area contributed by atoms with Crippen LogP contribution in [0.25, 0.3) is 0 Å². The highest BCUT2D eigenvalue weighted by Crippen LogP contribution is 2.24. The molecule has 1 aliphatic heterocycles. The molecule has 112 valence electrons. The number of fused-ring (bicyclic) bond motifs is 1. The number of benzene rings is 1. The minimum absolute atomic E-state index is 0.00288. The van der Waals surface area contributed by atoms with Gasteiger partial charge in [-0.1, -0.05) is 12.1 Å². The van der Waals surface area contributed by atoms with Crippen molar-refractivity contribution in [3.63, 3.8) is 0 Å². The molecule has 7 heteroatoms. The molecule has 0 saturated heterocycles. The van der Waals surface area contributed by atoms with Gasteiger partial charge in [0.05, 0.1) is 16.0 Å². The molecule has 0 saturated carbocycles. The van der Waals surface area contributed by atoms with Gasteiger partial charge in [-0.25, -0.2) is 4.39 Å². The van der Waals surface area contributed by atoms with E-state index in [1.54, 1.807) is 17.5 Å². The van der Waals surface area contributed by atoms with Crippen LogP contribution in [0.3, 0.4) is 0 Å². The summed E-state index contributed by atoms with van der Waals surface area (Å²) in [7, 11) is 0. The minimum Gasteiger partial charge on any atom is -0.350 e. The molecular weight excluding hydrogens is 307 g/mol. The van der Waals surface area contributed by atoms with Gasteiger partial charge in [-0.05, 0) is 23.6 Å². The minimum atomic E-state index is -0.707. The largest absolute Gasteiger partial charge is 0.350 e. The van der Waals surface area contributed by atoms with Crippen LogP contribution in [0.4, 0.5) is 4.39 Å². The number of carbonyl (C=O) groups is 3. The van der Waals surface area contributed by atoms with Gasteiger partial charge in [-0.3, -0.25) is 19.3 Å². The summed E-state index contributed by atoms with van der Waals surface area (Å²) in [5, 5.41) is 4.41. The monoisotopic (exact) mass is 318 g/mol. The predicted molar refractivity (Wildman–Crippen MR) is 78.4 cm³/mol. The Balaban J connectivity index is 1.65. The summed E-state index contributed by atoms with van der Waals surface area (Å²) in [6, 6.07) is 7.39. The molecule has 3 amide bonds. The Kier molecular flexibility index (Phi) is 3.72. The lowest BCUT2D eigenvalue weighted by atomic mass is 10.1. The van der Waals surface area contributed by atoms with E-state index in [-0.39, 0.29) is 30.1 Å². The van der Waals surface area contributed by atoms with Gasteiger partial charge in [0.2, 0.25) is 0 Å². The number of hydrogen-bond donors (Lipinski definition) is 1. The number of carbonyl (C=O) groups excluding carboxylic acids is 3. The highest BCUT2D eigenvalue weighted by molar-refractivity contribution is 7.12. The van der Waals surface area contributed by atoms with Crippen molar-refractivity contribution in [1.82, 2.24) is 10.2 Å². The molecule has 0 bridgehead atoms. The second-order valence-electron chi connectivity index (χ2n) is 4.66. The summed E-state index contributed by atoms with van der Waals surface area (Å²) in [5.74, 6) is -2.17. The normalized spacial score (nSPS) is 13.4. The fourth-order valence-corrected chi connectivity index (χ4v) is 2.91. The van der Waals surface area contributed by atoms with Gasteiger partial charge in [0, 0.05) is 13.1 Å². The molecule has 3 rings (SSSR count). The van der Waals surface area contributed by atoms with Gasteiger partial charge in [0.15, 0.2) is 0 Å². The number of halogens is 1. The third kappa shape index (κ3) is 2.39.